The van der Waals surface area contributed by atoms with Crippen LogP contribution in [0.15, 0.2) is 35.0 Å². The molecule has 1 heterocycles. The van der Waals surface area contributed by atoms with Crippen LogP contribution in [0.4, 0.5) is 16.2 Å². The summed E-state index contributed by atoms with van der Waals surface area (Å²) in [5.41, 5.74) is 3.53. The molecule has 0 bridgehead atoms. The number of carbonyl (C=O) groups excluding carboxylic acids is 2. The average Bonchev–Trinajstić information content (AvgIpc) is 3.34. The van der Waals surface area contributed by atoms with E-state index in [2.05, 4.69) is 32.3 Å². The number of anilines is 2. The second-order valence-corrected chi connectivity index (χ2v) is 7.94. The van der Waals surface area contributed by atoms with E-state index in [4.69, 9.17) is 0 Å². The Balaban J connectivity index is 1.58. The van der Waals surface area contributed by atoms with Crippen LogP contribution in [-0.4, -0.2) is 37.5 Å². The molecule has 0 unspecified atom stereocenters. The van der Waals surface area contributed by atoms with Crippen molar-refractivity contribution in [3.63, 3.8) is 0 Å². The van der Waals surface area contributed by atoms with Crippen LogP contribution in [0.25, 0.3) is 0 Å². The number of aryl methyl sites for hydroxylation is 1. The van der Waals surface area contributed by atoms with Crippen molar-refractivity contribution in [1.82, 2.24) is 10.2 Å². The summed E-state index contributed by atoms with van der Waals surface area (Å²) >= 11 is 1.65. The lowest BCUT2D eigenvalue weighted by Gasteiger charge is -2.24. The molecule has 3 rings (SSSR count). The van der Waals surface area contributed by atoms with Gasteiger partial charge in [0.15, 0.2) is 0 Å². The van der Waals surface area contributed by atoms with Crippen LogP contribution in [-0.2, 0) is 4.79 Å². The van der Waals surface area contributed by atoms with Crippen molar-refractivity contribution >= 4 is 34.6 Å². The number of urea groups is 1. The monoisotopic (exact) mass is 386 g/mol. The molecule has 0 saturated heterocycles. The van der Waals surface area contributed by atoms with E-state index in [0.717, 1.165) is 18.4 Å². The molecule has 144 valence electrons. The number of rotatable bonds is 7. The van der Waals surface area contributed by atoms with Gasteiger partial charge in [-0.2, -0.15) is 11.3 Å². The molecular weight excluding hydrogens is 360 g/mol. The van der Waals surface area contributed by atoms with E-state index < -0.39 is 0 Å². The van der Waals surface area contributed by atoms with Crippen LogP contribution < -0.4 is 16.0 Å². The standard InChI is InChI=1S/C20H26N4O2S/c1-13-4-7-16(22-19(25)14-5-6-14)10-17(13)23-20(26)21-11-18(24(2)3)15-8-9-27-12-15/h4,7-10,12,14,18H,5-6,11H2,1-3H3,(H,22,25)(H2,21,23,26)/t18-/m0/s1. The molecule has 3 amide bonds. The molecule has 1 aliphatic rings. The van der Waals surface area contributed by atoms with Gasteiger partial charge in [-0.3, -0.25) is 4.79 Å². The SMILES string of the molecule is Cc1ccc(NC(=O)C2CC2)cc1NC(=O)NC[C@@H](c1ccsc1)N(C)C. The molecule has 3 N–H and O–H groups in total. The molecule has 0 aliphatic heterocycles. The molecule has 2 aromatic rings. The summed E-state index contributed by atoms with van der Waals surface area (Å²) in [6.07, 6.45) is 1.92. The minimum absolute atomic E-state index is 0.0545. The summed E-state index contributed by atoms with van der Waals surface area (Å²) in [6, 6.07) is 7.49. The molecule has 1 atom stereocenters. The third-order valence-electron chi connectivity index (χ3n) is 4.71. The zero-order valence-corrected chi connectivity index (χ0v) is 16.7. The highest BCUT2D eigenvalue weighted by Crippen LogP contribution is 2.30. The molecule has 27 heavy (non-hydrogen) atoms. The lowest BCUT2D eigenvalue weighted by atomic mass is 10.1. The van der Waals surface area contributed by atoms with Gasteiger partial charge in [-0.25, -0.2) is 4.79 Å². The van der Waals surface area contributed by atoms with E-state index in [-0.39, 0.29) is 23.9 Å². The number of thiophene rings is 1. The van der Waals surface area contributed by atoms with Crippen LogP contribution in [0.1, 0.15) is 30.0 Å². The number of nitrogens with one attached hydrogen (secondary N) is 3. The third kappa shape index (κ3) is 5.30. The van der Waals surface area contributed by atoms with Gasteiger partial charge < -0.3 is 20.9 Å². The molecule has 1 fully saturated rings. The Morgan fingerprint density at radius 1 is 1.22 bits per heavy atom. The Labute approximate surface area is 164 Å². The van der Waals surface area contributed by atoms with Crippen molar-refractivity contribution in [2.75, 3.05) is 31.3 Å². The number of likely N-dealkylation sites (N-methyl/N-ethyl adjacent to an activating group) is 1. The molecule has 0 spiro atoms. The highest BCUT2D eigenvalue weighted by Gasteiger charge is 2.29. The van der Waals surface area contributed by atoms with Gasteiger partial charge in [-0.05, 0) is 73.9 Å². The van der Waals surface area contributed by atoms with Crippen molar-refractivity contribution in [2.45, 2.75) is 25.8 Å². The minimum atomic E-state index is -0.258. The molecule has 6 nitrogen and oxygen atoms in total. The first-order chi connectivity index (χ1) is 12.9. The summed E-state index contributed by atoms with van der Waals surface area (Å²) in [6.45, 7) is 2.43. The third-order valence-corrected chi connectivity index (χ3v) is 5.41. The van der Waals surface area contributed by atoms with Gasteiger partial charge in [0.2, 0.25) is 5.91 Å². The van der Waals surface area contributed by atoms with Crippen LogP contribution in [0, 0.1) is 12.8 Å². The highest BCUT2D eigenvalue weighted by molar-refractivity contribution is 7.07. The Hall–Kier alpha value is -2.38. The lowest BCUT2D eigenvalue weighted by molar-refractivity contribution is -0.117. The fourth-order valence-corrected chi connectivity index (χ4v) is 3.55. The maximum Gasteiger partial charge on any atom is 0.319 e. The fraction of sp³-hybridized carbons (Fsp3) is 0.400. The van der Waals surface area contributed by atoms with Crippen molar-refractivity contribution in [3.05, 3.63) is 46.2 Å². The number of benzene rings is 1. The molecule has 0 radical (unpaired) electrons. The number of carbonyl (C=O) groups is 2. The van der Waals surface area contributed by atoms with Crippen LogP contribution >= 0.6 is 11.3 Å². The van der Waals surface area contributed by atoms with E-state index >= 15 is 0 Å². The predicted octanol–water partition coefficient (Wildman–Crippen LogP) is 3.83. The predicted molar refractivity (Wildman–Crippen MR) is 110 cm³/mol. The smallest absolute Gasteiger partial charge is 0.319 e. The molecule has 1 saturated carbocycles. The van der Waals surface area contributed by atoms with Crippen molar-refractivity contribution in [2.24, 2.45) is 5.92 Å². The first kappa shape index (κ1) is 19.4. The summed E-state index contributed by atoms with van der Waals surface area (Å²) < 4.78 is 0. The van der Waals surface area contributed by atoms with Crippen molar-refractivity contribution < 1.29 is 9.59 Å². The van der Waals surface area contributed by atoms with Crippen LogP contribution in [0.5, 0.6) is 0 Å². The Kier molecular flexibility index (Phi) is 6.13. The van der Waals surface area contributed by atoms with E-state index in [1.54, 1.807) is 17.4 Å². The molecule has 1 aromatic heterocycles. The molecule has 7 heteroatoms. The lowest BCUT2D eigenvalue weighted by Crippen LogP contribution is -2.36. The molecule has 1 aromatic carbocycles. The maximum atomic E-state index is 12.4. The van der Waals surface area contributed by atoms with Crippen LogP contribution in [0.3, 0.4) is 0 Å². The fourth-order valence-electron chi connectivity index (χ4n) is 2.84. The average molecular weight is 387 g/mol. The zero-order chi connectivity index (χ0) is 19.4. The summed E-state index contributed by atoms with van der Waals surface area (Å²) in [7, 11) is 4.00. The largest absolute Gasteiger partial charge is 0.336 e. The summed E-state index contributed by atoms with van der Waals surface area (Å²) in [4.78, 5) is 26.4. The van der Waals surface area contributed by atoms with E-state index in [0.29, 0.717) is 17.9 Å². The second-order valence-electron chi connectivity index (χ2n) is 7.16. The Bertz CT molecular complexity index is 800. The van der Waals surface area contributed by atoms with Gasteiger partial charge in [0.05, 0.1) is 6.04 Å². The Morgan fingerprint density at radius 2 is 2.00 bits per heavy atom. The molecule has 1 aliphatic carbocycles. The minimum Gasteiger partial charge on any atom is -0.336 e. The van der Waals surface area contributed by atoms with Gasteiger partial charge in [-0.15, -0.1) is 0 Å². The summed E-state index contributed by atoms with van der Waals surface area (Å²) in [5, 5.41) is 12.9. The number of amides is 3. The maximum absolute atomic E-state index is 12.4. The normalized spacial score (nSPS) is 14.7. The zero-order valence-electron chi connectivity index (χ0n) is 15.9. The quantitative estimate of drug-likeness (QED) is 0.677. The first-order valence-electron chi connectivity index (χ1n) is 9.09. The second kappa shape index (κ2) is 8.54. The van der Waals surface area contributed by atoms with Crippen LogP contribution in [0.2, 0.25) is 0 Å². The van der Waals surface area contributed by atoms with E-state index in [1.807, 2.05) is 38.5 Å². The summed E-state index contributed by atoms with van der Waals surface area (Å²) in [5.74, 6) is 0.199. The molecular formula is C20H26N4O2S. The van der Waals surface area contributed by atoms with E-state index in [9.17, 15) is 9.59 Å². The number of hydrogen-bond acceptors (Lipinski definition) is 4. The highest BCUT2D eigenvalue weighted by atomic mass is 32.1. The van der Waals surface area contributed by atoms with Crippen molar-refractivity contribution in [1.29, 1.82) is 0 Å². The number of nitrogens with zero attached hydrogens (tertiary/aromatic N) is 1. The van der Waals surface area contributed by atoms with Gasteiger partial charge in [0.25, 0.3) is 0 Å². The Morgan fingerprint density at radius 3 is 2.63 bits per heavy atom. The van der Waals surface area contributed by atoms with Gasteiger partial charge in [0.1, 0.15) is 0 Å². The van der Waals surface area contributed by atoms with Gasteiger partial charge in [0, 0.05) is 23.8 Å². The van der Waals surface area contributed by atoms with Crippen molar-refractivity contribution in [3.8, 4) is 0 Å². The van der Waals surface area contributed by atoms with Gasteiger partial charge in [-0.1, -0.05) is 6.07 Å². The topological polar surface area (TPSA) is 73.5 Å². The first-order valence-corrected chi connectivity index (χ1v) is 10.0. The number of hydrogen-bond donors (Lipinski definition) is 3. The van der Waals surface area contributed by atoms with E-state index in [1.165, 1.54) is 5.56 Å². The van der Waals surface area contributed by atoms with Gasteiger partial charge >= 0.3 is 6.03 Å².